The highest BCUT2D eigenvalue weighted by Crippen LogP contribution is 2.33. The van der Waals surface area contributed by atoms with Gasteiger partial charge in [0.25, 0.3) is 11.6 Å². The summed E-state index contributed by atoms with van der Waals surface area (Å²) < 4.78 is 5.49. The Morgan fingerprint density at radius 3 is 2.67 bits per heavy atom. The summed E-state index contributed by atoms with van der Waals surface area (Å²) in [6, 6.07) is 8.71. The number of hydrogen-bond donors (Lipinski definition) is 1. The van der Waals surface area contributed by atoms with Gasteiger partial charge in [0.2, 0.25) is 0 Å². The Bertz CT molecular complexity index is 939. The molecule has 3 rings (SSSR count). The zero-order valence-electron chi connectivity index (χ0n) is 16.8. The van der Waals surface area contributed by atoms with Crippen LogP contribution in [0.2, 0.25) is 0 Å². The van der Waals surface area contributed by atoms with E-state index >= 15 is 0 Å². The number of furan rings is 1. The van der Waals surface area contributed by atoms with Gasteiger partial charge in [-0.3, -0.25) is 14.9 Å². The Hall–Kier alpha value is -3.69. The van der Waals surface area contributed by atoms with Crippen LogP contribution in [0.3, 0.4) is 0 Å². The number of carbonyl (C=O) groups excluding carboxylic acids is 2. The number of amides is 3. The van der Waals surface area contributed by atoms with E-state index in [1.165, 1.54) is 28.3 Å². The van der Waals surface area contributed by atoms with Crippen LogP contribution in [-0.4, -0.2) is 52.6 Å². The molecule has 1 unspecified atom stereocenters. The average molecular weight is 413 g/mol. The molecule has 1 aromatic heterocycles. The topological polar surface area (TPSA) is 121 Å². The van der Waals surface area contributed by atoms with E-state index in [-0.39, 0.29) is 24.2 Å². The summed E-state index contributed by atoms with van der Waals surface area (Å²) in [5.41, 5.74) is 1.27. The van der Waals surface area contributed by atoms with Gasteiger partial charge in [0.1, 0.15) is 18.3 Å². The second-order valence-corrected chi connectivity index (χ2v) is 6.91. The number of hydrogen-bond acceptors (Lipinski definition) is 6. The maximum Gasteiger partial charge on any atom is 0.317 e. The monoisotopic (exact) mass is 413 g/mol. The van der Waals surface area contributed by atoms with Gasteiger partial charge in [0.15, 0.2) is 0 Å². The fourth-order valence-corrected chi connectivity index (χ4v) is 3.11. The van der Waals surface area contributed by atoms with Crippen molar-refractivity contribution in [2.24, 2.45) is 5.10 Å². The van der Waals surface area contributed by atoms with E-state index < -0.39 is 11.0 Å². The highest BCUT2D eigenvalue weighted by Gasteiger charge is 2.35. The highest BCUT2D eigenvalue weighted by molar-refractivity contribution is 6.03. The predicted octanol–water partition coefficient (Wildman–Crippen LogP) is 2.92. The molecule has 10 heteroatoms. The van der Waals surface area contributed by atoms with Crippen molar-refractivity contribution in [2.45, 2.75) is 25.8 Å². The van der Waals surface area contributed by atoms with Crippen molar-refractivity contribution in [3.63, 3.8) is 0 Å². The number of urea groups is 1. The number of rotatable bonds is 7. The van der Waals surface area contributed by atoms with Gasteiger partial charge in [-0.05, 0) is 36.2 Å². The predicted molar refractivity (Wildman–Crippen MR) is 109 cm³/mol. The van der Waals surface area contributed by atoms with Crippen LogP contribution in [0.1, 0.15) is 37.1 Å². The zero-order chi connectivity index (χ0) is 21.7. The van der Waals surface area contributed by atoms with Crippen molar-refractivity contribution in [1.29, 1.82) is 0 Å². The minimum Gasteiger partial charge on any atom is -0.467 e. The number of nitro benzene ring substituents is 1. The van der Waals surface area contributed by atoms with Crippen LogP contribution < -0.4 is 5.32 Å². The summed E-state index contributed by atoms with van der Waals surface area (Å²) in [6.07, 6.45) is 2.71. The van der Waals surface area contributed by atoms with Crippen molar-refractivity contribution in [3.05, 3.63) is 64.1 Å². The minimum atomic E-state index is -0.471. The van der Waals surface area contributed by atoms with Crippen molar-refractivity contribution in [1.82, 2.24) is 15.2 Å². The molecule has 2 heterocycles. The first-order chi connectivity index (χ1) is 14.4. The van der Waals surface area contributed by atoms with Crippen LogP contribution in [0.5, 0.6) is 0 Å². The molecule has 0 fully saturated rings. The minimum absolute atomic E-state index is 0.0208. The van der Waals surface area contributed by atoms with Crippen molar-refractivity contribution >= 4 is 23.3 Å². The molecule has 1 aromatic carbocycles. The van der Waals surface area contributed by atoms with Gasteiger partial charge in [0, 0.05) is 32.1 Å². The number of non-ortho nitro benzene ring substituents is 1. The molecule has 0 saturated carbocycles. The van der Waals surface area contributed by atoms with Crippen LogP contribution in [-0.2, 0) is 4.79 Å². The molecule has 0 radical (unpaired) electrons. The summed E-state index contributed by atoms with van der Waals surface area (Å²) in [7, 11) is 1.54. The normalized spacial score (nSPS) is 15.6. The maximum atomic E-state index is 12.9. The molecule has 3 amide bonds. The molecule has 0 spiro atoms. The Balaban J connectivity index is 1.80. The number of nitrogens with zero attached hydrogens (tertiary/aromatic N) is 4. The lowest BCUT2D eigenvalue weighted by molar-refractivity contribution is -0.384. The molecule has 0 bridgehead atoms. The molecule has 158 valence electrons. The van der Waals surface area contributed by atoms with Crippen LogP contribution in [0.15, 0.2) is 52.2 Å². The molecular formula is C20H23N5O5. The van der Waals surface area contributed by atoms with E-state index in [1.54, 1.807) is 31.3 Å². The van der Waals surface area contributed by atoms with E-state index in [4.69, 9.17) is 4.42 Å². The third-order valence-corrected chi connectivity index (χ3v) is 4.69. The van der Waals surface area contributed by atoms with Crippen molar-refractivity contribution in [3.8, 4) is 0 Å². The molecule has 10 nitrogen and oxygen atoms in total. The van der Waals surface area contributed by atoms with Gasteiger partial charge in [0.05, 0.1) is 16.9 Å². The molecule has 1 atom stereocenters. The van der Waals surface area contributed by atoms with Gasteiger partial charge in [-0.2, -0.15) is 5.10 Å². The van der Waals surface area contributed by atoms with Crippen LogP contribution in [0.25, 0.3) is 0 Å². The average Bonchev–Trinajstić information content (AvgIpc) is 3.41. The Labute approximate surface area is 173 Å². The SMILES string of the molecule is CCCNC(=O)N(C)CC(=O)N1N=C(c2ccc([N+](=O)[O-])cc2)CC1c1ccco1. The van der Waals surface area contributed by atoms with Crippen LogP contribution in [0.4, 0.5) is 10.5 Å². The first kappa shape index (κ1) is 21.0. The largest absolute Gasteiger partial charge is 0.467 e. The maximum absolute atomic E-state index is 12.9. The van der Waals surface area contributed by atoms with Gasteiger partial charge < -0.3 is 14.6 Å². The molecular weight excluding hydrogens is 390 g/mol. The molecule has 0 aliphatic carbocycles. The van der Waals surface area contributed by atoms with Gasteiger partial charge >= 0.3 is 6.03 Å². The Morgan fingerprint density at radius 1 is 1.33 bits per heavy atom. The van der Waals surface area contributed by atoms with E-state index in [9.17, 15) is 19.7 Å². The number of nitro groups is 1. The summed E-state index contributed by atoms with van der Waals surface area (Å²) in [4.78, 5) is 36.7. The summed E-state index contributed by atoms with van der Waals surface area (Å²) in [5.74, 6) is 0.213. The van der Waals surface area contributed by atoms with Gasteiger partial charge in [-0.25, -0.2) is 9.80 Å². The lowest BCUT2D eigenvalue weighted by Crippen LogP contribution is -2.43. The Morgan fingerprint density at radius 2 is 2.07 bits per heavy atom. The molecule has 1 aliphatic rings. The second-order valence-electron chi connectivity index (χ2n) is 6.91. The second kappa shape index (κ2) is 9.21. The standard InChI is InChI=1S/C20H23N5O5/c1-3-10-21-20(27)23(2)13-19(26)24-17(18-5-4-11-30-18)12-16(22-24)14-6-8-15(9-7-14)25(28)29/h4-9,11,17H,3,10,12-13H2,1-2H3,(H,21,27). The lowest BCUT2D eigenvalue weighted by Gasteiger charge is -2.23. The van der Waals surface area contributed by atoms with E-state index in [0.717, 1.165) is 6.42 Å². The molecule has 0 saturated heterocycles. The highest BCUT2D eigenvalue weighted by atomic mass is 16.6. The number of carbonyl (C=O) groups is 2. The fourth-order valence-electron chi connectivity index (χ4n) is 3.11. The third kappa shape index (κ3) is 4.65. The van der Waals surface area contributed by atoms with Crippen LogP contribution >= 0.6 is 0 Å². The van der Waals surface area contributed by atoms with E-state index in [2.05, 4.69) is 10.4 Å². The first-order valence-corrected chi connectivity index (χ1v) is 9.57. The first-order valence-electron chi connectivity index (χ1n) is 9.57. The molecule has 30 heavy (non-hydrogen) atoms. The number of hydrazone groups is 1. The number of likely N-dealkylation sites (N-methyl/N-ethyl adjacent to an activating group) is 1. The molecule has 2 aromatic rings. The van der Waals surface area contributed by atoms with Gasteiger partial charge in [-0.15, -0.1) is 0 Å². The number of nitrogens with one attached hydrogen (secondary N) is 1. The van der Waals surface area contributed by atoms with Gasteiger partial charge in [-0.1, -0.05) is 6.92 Å². The van der Waals surface area contributed by atoms with Crippen molar-refractivity contribution in [2.75, 3.05) is 20.1 Å². The van der Waals surface area contributed by atoms with Crippen molar-refractivity contribution < 1.29 is 18.9 Å². The van der Waals surface area contributed by atoms with E-state index in [0.29, 0.717) is 30.0 Å². The summed E-state index contributed by atoms with van der Waals surface area (Å²) >= 11 is 0. The fraction of sp³-hybridized carbons (Fsp3) is 0.350. The third-order valence-electron chi connectivity index (χ3n) is 4.69. The smallest absolute Gasteiger partial charge is 0.317 e. The zero-order valence-corrected chi connectivity index (χ0v) is 16.8. The molecule has 1 N–H and O–H groups in total. The lowest BCUT2D eigenvalue weighted by atomic mass is 10.0. The summed E-state index contributed by atoms with van der Waals surface area (Å²) in [5, 5.41) is 19.4. The van der Waals surface area contributed by atoms with E-state index in [1.807, 2.05) is 6.92 Å². The summed E-state index contributed by atoms with van der Waals surface area (Å²) in [6.45, 7) is 2.32. The number of benzene rings is 1. The quantitative estimate of drug-likeness (QED) is 0.552. The Kier molecular flexibility index (Phi) is 6.45. The molecule has 1 aliphatic heterocycles. The van der Waals surface area contributed by atoms with Crippen LogP contribution in [0, 0.1) is 10.1 Å².